The molecule has 0 saturated carbocycles. The normalized spacial score (nSPS) is 10.4. The van der Waals surface area contributed by atoms with Crippen molar-refractivity contribution in [1.82, 2.24) is 0 Å². The Bertz CT molecular complexity index is 343. The highest BCUT2D eigenvalue weighted by atomic mass is 16.5. The standard InChI is InChI=1S/C13H20O2/c1-5-6-7-15-12-8-9(2)13(14)11(4)10(12)3/h8,14H,5-7H2,1-4H3. The number of ether oxygens (including phenoxy) is 1. The van der Waals surface area contributed by atoms with E-state index in [1.807, 2.05) is 26.8 Å². The first kappa shape index (κ1) is 11.9. The molecule has 0 amide bonds. The van der Waals surface area contributed by atoms with E-state index in [0.29, 0.717) is 5.75 Å². The van der Waals surface area contributed by atoms with Crippen molar-refractivity contribution in [2.24, 2.45) is 0 Å². The quantitative estimate of drug-likeness (QED) is 0.767. The van der Waals surface area contributed by atoms with Gasteiger partial charge in [-0.2, -0.15) is 0 Å². The molecule has 0 heterocycles. The Labute approximate surface area is 91.9 Å². The van der Waals surface area contributed by atoms with Gasteiger partial charge in [-0.25, -0.2) is 0 Å². The fourth-order valence-electron chi connectivity index (χ4n) is 1.51. The van der Waals surface area contributed by atoms with E-state index in [9.17, 15) is 5.11 Å². The molecule has 1 aromatic rings. The molecular formula is C13H20O2. The Morgan fingerprint density at radius 2 is 1.87 bits per heavy atom. The maximum Gasteiger partial charge on any atom is 0.122 e. The van der Waals surface area contributed by atoms with Crippen LogP contribution in [0.15, 0.2) is 6.07 Å². The largest absolute Gasteiger partial charge is 0.507 e. The first-order chi connectivity index (χ1) is 7.07. The molecule has 0 aromatic heterocycles. The molecule has 0 unspecified atom stereocenters. The van der Waals surface area contributed by atoms with Crippen molar-refractivity contribution in [3.8, 4) is 11.5 Å². The number of aryl methyl sites for hydroxylation is 1. The molecule has 0 aliphatic rings. The Balaban J connectivity index is 2.89. The van der Waals surface area contributed by atoms with Gasteiger partial charge in [0.15, 0.2) is 0 Å². The van der Waals surface area contributed by atoms with E-state index in [0.717, 1.165) is 41.9 Å². The number of hydrogen-bond donors (Lipinski definition) is 1. The molecule has 2 heteroatoms. The van der Waals surface area contributed by atoms with Gasteiger partial charge in [-0.1, -0.05) is 13.3 Å². The second-order valence-corrected chi connectivity index (χ2v) is 3.99. The van der Waals surface area contributed by atoms with Gasteiger partial charge in [-0.15, -0.1) is 0 Å². The highest BCUT2D eigenvalue weighted by Crippen LogP contribution is 2.31. The van der Waals surface area contributed by atoms with Gasteiger partial charge in [0, 0.05) is 0 Å². The predicted molar refractivity (Wildman–Crippen MR) is 62.7 cm³/mol. The smallest absolute Gasteiger partial charge is 0.122 e. The number of phenolic OH excluding ortho intramolecular Hbond substituents is 1. The van der Waals surface area contributed by atoms with E-state index in [1.54, 1.807) is 0 Å². The molecule has 0 atom stereocenters. The summed E-state index contributed by atoms with van der Waals surface area (Å²) in [5.41, 5.74) is 2.83. The minimum Gasteiger partial charge on any atom is -0.507 e. The summed E-state index contributed by atoms with van der Waals surface area (Å²) in [6, 6.07) is 1.91. The summed E-state index contributed by atoms with van der Waals surface area (Å²) in [4.78, 5) is 0. The van der Waals surface area contributed by atoms with Gasteiger partial charge in [0.1, 0.15) is 11.5 Å². The zero-order chi connectivity index (χ0) is 11.4. The molecule has 0 spiro atoms. The zero-order valence-electron chi connectivity index (χ0n) is 10.1. The average molecular weight is 208 g/mol. The first-order valence-corrected chi connectivity index (χ1v) is 5.50. The van der Waals surface area contributed by atoms with Crippen molar-refractivity contribution >= 4 is 0 Å². The van der Waals surface area contributed by atoms with Crippen molar-refractivity contribution < 1.29 is 9.84 Å². The Kier molecular flexibility index (Phi) is 4.01. The van der Waals surface area contributed by atoms with E-state index in [4.69, 9.17) is 4.74 Å². The molecule has 1 rings (SSSR count). The van der Waals surface area contributed by atoms with Gasteiger partial charge in [0.25, 0.3) is 0 Å². The minimum absolute atomic E-state index is 0.385. The van der Waals surface area contributed by atoms with Gasteiger partial charge >= 0.3 is 0 Å². The Morgan fingerprint density at radius 1 is 1.20 bits per heavy atom. The monoisotopic (exact) mass is 208 g/mol. The van der Waals surface area contributed by atoms with E-state index in [1.165, 1.54) is 0 Å². The molecule has 0 fully saturated rings. The van der Waals surface area contributed by atoms with Crippen LogP contribution in [0, 0.1) is 20.8 Å². The van der Waals surface area contributed by atoms with Crippen molar-refractivity contribution in [1.29, 1.82) is 0 Å². The van der Waals surface area contributed by atoms with Crippen LogP contribution in [0.4, 0.5) is 0 Å². The average Bonchev–Trinajstić information content (AvgIpc) is 2.23. The van der Waals surface area contributed by atoms with Crippen LogP contribution < -0.4 is 4.74 Å². The Morgan fingerprint density at radius 3 is 2.47 bits per heavy atom. The van der Waals surface area contributed by atoms with Crippen LogP contribution in [-0.2, 0) is 0 Å². The van der Waals surface area contributed by atoms with Crippen molar-refractivity contribution in [3.63, 3.8) is 0 Å². The van der Waals surface area contributed by atoms with Crippen LogP contribution in [0.5, 0.6) is 11.5 Å². The van der Waals surface area contributed by atoms with E-state index in [-0.39, 0.29) is 0 Å². The van der Waals surface area contributed by atoms with E-state index < -0.39 is 0 Å². The number of aromatic hydroxyl groups is 1. The lowest BCUT2D eigenvalue weighted by Crippen LogP contribution is -2.00. The fourth-order valence-corrected chi connectivity index (χ4v) is 1.51. The van der Waals surface area contributed by atoms with Crippen LogP contribution in [0.3, 0.4) is 0 Å². The van der Waals surface area contributed by atoms with Crippen LogP contribution in [-0.4, -0.2) is 11.7 Å². The van der Waals surface area contributed by atoms with Crippen LogP contribution >= 0.6 is 0 Å². The van der Waals surface area contributed by atoms with Crippen molar-refractivity contribution in [2.75, 3.05) is 6.61 Å². The zero-order valence-corrected chi connectivity index (χ0v) is 10.1. The lowest BCUT2D eigenvalue weighted by molar-refractivity contribution is 0.306. The van der Waals surface area contributed by atoms with Gasteiger partial charge in [-0.05, 0) is 49.9 Å². The number of rotatable bonds is 4. The summed E-state index contributed by atoms with van der Waals surface area (Å²) in [5.74, 6) is 1.28. The molecule has 0 radical (unpaired) electrons. The molecule has 0 bridgehead atoms. The Hall–Kier alpha value is -1.18. The lowest BCUT2D eigenvalue weighted by Gasteiger charge is -2.13. The predicted octanol–water partition coefficient (Wildman–Crippen LogP) is 3.50. The van der Waals surface area contributed by atoms with Gasteiger partial charge in [0.2, 0.25) is 0 Å². The SMILES string of the molecule is CCCCOc1cc(C)c(O)c(C)c1C. The second kappa shape index (κ2) is 5.06. The van der Waals surface area contributed by atoms with Gasteiger partial charge in [-0.3, -0.25) is 0 Å². The van der Waals surface area contributed by atoms with Crippen LogP contribution in [0.25, 0.3) is 0 Å². The minimum atomic E-state index is 0.385. The van der Waals surface area contributed by atoms with Crippen molar-refractivity contribution in [3.05, 3.63) is 22.8 Å². The fraction of sp³-hybridized carbons (Fsp3) is 0.538. The molecule has 84 valence electrons. The molecule has 0 aliphatic carbocycles. The summed E-state index contributed by atoms with van der Waals surface area (Å²) in [6.45, 7) is 8.69. The van der Waals surface area contributed by atoms with Gasteiger partial charge < -0.3 is 9.84 Å². The van der Waals surface area contributed by atoms with Crippen LogP contribution in [0.1, 0.15) is 36.5 Å². The topological polar surface area (TPSA) is 29.5 Å². The summed E-state index contributed by atoms with van der Waals surface area (Å²) >= 11 is 0. The second-order valence-electron chi connectivity index (χ2n) is 3.99. The number of phenols is 1. The third-order valence-corrected chi connectivity index (χ3v) is 2.76. The third-order valence-electron chi connectivity index (χ3n) is 2.76. The summed E-state index contributed by atoms with van der Waals surface area (Å²) < 4.78 is 5.68. The molecule has 0 saturated heterocycles. The van der Waals surface area contributed by atoms with E-state index in [2.05, 4.69) is 6.92 Å². The highest BCUT2D eigenvalue weighted by Gasteiger charge is 2.09. The highest BCUT2D eigenvalue weighted by molar-refractivity contribution is 5.51. The van der Waals surface area contributed by atoms with Gasteiger partial charge in [0.05, 0.1) is 6.61 Å². The number of unbranched alkanes of at least 4 members (excludes halogenated alkanes) is 1. The lowest BCUT2D eigenvalue weighted by atomic mass is 10.0. The maximum atomic E-state index is 9.73. The van der Waals surface area contributed by atoms with Crippen molar-refractivity contribution in [2.45, 2.75) is 40.5 Å². The molecule has 1 N–H and O–H groups in total. The number of hydrogen-bond acceptors (Lipinski definition) is 2. The summed E-state index contributed by atoms with van der Waals surface area (Å²) in [6.07, 6.45) is 2.20. The van der Waals surface area contributed by atoms with E-state index >= 15 is 0 Å². The molecular weight excluding hydrogens is 188 g/mol. The summed E-state index contributed by atoms with van der Waals surface area (Å²) in [5, 5.41) is 9.73. The molecule has 0 aliphatic heterocycles. The van der Waals surface area contributed by atoms with Crippen LogP contribution in [0.2, 0.25) is 0 Å². The molecule has 15 heavy (non-hydrogen) atoms. The molecule has 2 nitrogen and oxygen atoms in total. The third kappa shape index (κ3) is 2.65. The number of benzene rings is 1. The first-order valence-electron chi connectivity index (χ1n) is 5.50. The maximum absolute atomic E-state index is 9.73. The summed E-state index contributed by atoms with van der Waals surface area (Å²) in [7, 11) is 0. The molecule has 1 aromatic carbocycles.